The summed E-state index contributed by atoms with van der Waals surface area (Å²) in [5.74, 6) is 3.14. The van der Waals surface area contributed by atoms with Crippen LogP contribution in [0, 0.1) is 11.5 Å². The quantitative estimate of drug-likeness (QED) is 0.478. The van der Waals surface area contributed by atoms with Crippen LogP contribution in [-0.4, -0.2) is 27.1 Å². The number of rotatable bonds is 7. The molecule has 0 aromatic heterocycles. The predicted octanol–water partition coefficient (Wildman–Crippen LogP) is 2.98. The molecule has 0 atom stereocenters. The standard InChI is InChI=1S/C17H25NO2Si/c1-21(2,3)14-8-7-11-17(19)18-12-13-20-15-16-9-5-4-6-10-16/h4-6,9-10H,7,11-13,15H2,1-3H3,(H,18,19). The Morgan fingerprint density at radius 3 is 2.62 bits per heavy atom. The minimum absolute atomic E-state index is 0.0446. The highest BCUT2D eigenvalue weighted by molar-refractivity contribution is 6.83. The summed E-state index contributed by atoms with van der Waals surface area (Å²) < 4.78 is 5.50. The van der Waals surface area contributed by atoms with E-state index in [9.17, 15) is 4.79 Å². The van der Waals surface area contributed by atoms with Gasteiger partial charge in [-0.25, -0.2) is 0 Å². The third kappa shape index (κ3) is 9.89. The molecule has 3 nitrogen and oxygen atoms in total. The molecule has 114 valence electrons. The SMILES string of the molecule is C[Si](C)(C)C#CCCC(=O)NCCOCc1ccccc1. The van der Waals surface area contributed by atoms with E-state index in [-0.39, 0.29) is 5.91 Å². The Hall–Kier alpha value is -1.57. The molecule has 0 saturated heterocycles. The first kappa shape index (κ1) is 17.5. The van der Waals surface area contributed by atoms with E-state index in [0.29, 0.717) is 32.6 Å². The van der Waals surface area contributed by atoms with E-state index in [2.05, 4.69) is 36.4 Å². The summed E-state index contributed by atoms with van der Waals surface area (Å²) in [5, 5.41) is 2.85. The molecule has 0 spiro atoms. The van der Waals surface area contributed by atoms with Crippen molar-refractivity contribution >= 4 is 14.0 Å². The van der Waals surface area contributed by atoms with Crippen LogP contribution in [0.1, 0.15) is 18.4 Å². The highest BCUT2D eigenvalue weighted by atomic mass is 28.3. The Balaban J connectivity index is 2.04. The van der Waals surface area contributed by atoms with E-state index < -0.39 is 8.07 Å². The Bertz CT molecular complexity index is 483. The van der Waals surface area contributed by atoms with Gasteiger partial charge in [0.2, 0.25) is 5.91 Å². The van der Waals surface area contributed by atoms with E-state index in [1.165, 1.54) is 0 Å². The summed E-state index contributed by atoms with van der Waals surface area (Å²) in [6.45, 7) is 8.26. The molecular formula is C17H25NO2Si. The minimum Gasteiger partial charge on any atom is -0.375 e. The summed E-state index contributed by atoms with van der Waals surface area (Å²) in [5.41, 5.74) is 4.40. The molecule has 0 aliphatic heterocycles. The van der Waals surface area contributed by atoms with Crippen LogP contribution < -0.4 is 5.32 Å². The second-order valence-corrected chi connectivity index (χ2v) is 10.7. The normalized spacial score (nSPS) is 10.6. The lowest BCUT2D eigenvalue weighted by Crippen LogP contribution is -2.26. The van der Waals surface area contributed by atoms with Gasteiger partial charge in [0.15, 0.2) is 0 Å². The Morgan fingerprint density at radius 1 is 1.24 bits per heavy atom. The minimum atomic E-state index is -1.31. The van der Waals surface area contributed by atoms with Gasteiger partial charge in [0.05, 0.1) is 13.2 Å². The molecule has 0 unspecified atom stereocenters. The van der Waals surface area contributed by atoms with Crippen molar-refractivity contribution in [2.75, 3.05) is 13.2 Å². The van der Waals surface area contributed by atoms with Crippen LogP contribution in [0.25, 0.3) is 0 Å². The fraction of sp³-hybridized carbons (Fsp3) is 0.471. The Kier molecular flexibility index (Phi) is 7.81. The lowest BCUT2D eigenvalue weighted by atomic mass is 10.2. The molecule has 4 heteroatoms. The number of amides is 1. The topological polar surface area (TPSA) is 38.3 Å². The van der Waals surface area contributed by atoms with Crippen LogP contribution in [0.4, 0.5) is 0 Å². The van der Waals surface area contributed by atoms with Crippen LogP contribution in [0.3, 0.4) is 0 Å². The van der Waals surface area contributed by atoms with Gasteiger partial charge < -0.3 is 10.1 Å². The average Bonchev–Trinajstić information content (AvgIpc) is 2.43. The molecule has 21 heavy (non-hydrogen) atoms. The first-order chi connectivity index (χ1) is 9.97. The average molecular weight is 303 g/mol. The Labute approximate surface area is 129 Å². The highest BCUT2D eigenvalue weighted by Gasteiger charge is 2.07. The summed E-state index contributed by atoms with van der Waals surface area (Å²) in [4.78, 5) is 11.6. The van der Waals surface area contributed by atoms with E-state index in [0.717, 1.165) is 5.56 Å². The molecule has 1 N–H and O–H groups in total. The van der Waals surface area contributed by atoms with E-state index in [4.69, 9.17) is 4.74 Å². The first-order valence-corrected chi connectivity index (χ1v) is 10.9. The molecule has 1 rings (SSSR count). The van der Waals surface area contributed by atoms with E-state index in [1.54, 1.807) is 0 Å². The fourth-order valence-corrected chi connectivity index (χ4v) is 2.27. The third-order valence-electron chi connectivity index (χ3n) is 2.62. The Morgan fingerprint density at radius 2 is 1.95 bits per heavy atom. The predicted molar refractivity (Wildman–Crippen MR) is 89.5 cm³/mol. The number of carbonyl (C=O) groups is 1. The third-order valence-corrected chi connectivity index (χ3v) is 3.55. The number of hydrogen-bond donors (Lipinski definition) is 1. The molecule has 0 bridgehead atoms. The molecular weight excluding hydrogens is 278 g/mol. The van der Waals surface area contributed by atoms with Gasteiger partial charge in [-0.3, -0.25) is 4.79 Å². The fourth-order valence-electron chi connectivity index (χ4n) is 1.62. The zero-order valence-corrected chi connectivity index (χ0v) is 14.2. The molecule has 0 radical (unpaired) electrons. The van der Waals surface area contributed by atoms with Crippen molar-refractivity contribution in [3.8, 4) is 11.5 Å². The van der Waals surface area contributed by atoms with Crippen molar-refractivity contribution < 1.29 is 9.53 Å². The van der Waals surface area contributed by atoms with Crippen molar-refractivity contribution in [1.29, 1.82) is 0 Å². The van der Waals surface area contributed by atoms with Crippen LogP contribution in [-0.2, 0) is 16.1 Å². The van der Waals surface area contributed by atoms with Gasteiger partial charge in [-0.05, 0) is 5.56 Å². The van der Waals surface area contributed by atoms with Gasteiger partial charge in [0, 0.05) is 19.4 Å². The van der Waals surface area contributed by atoms with E-state index >= 15 is 0 Å². The molecule has 0 saturated carbocycles. The molecule has 0 heterocycles. The van der Waals surface area contributed by atoms with Gasteiger partial charge >= 0.3 is 0 Å². The van der Waals surface area contributed by atoms with Gasteiger partial charge in [-0.15, -0.1) is 11.5 Å². The molecule has 1 aromatic carbocycles. The number of benzene rings is 1. The maximum absolute atomic E-state index is 11.6. The van der Waals surface area contributed by atoms with Crippen molar-refractivity contribution in [1.82, 2.24) is 5.32 Å². The monoisotopic (exact) mass is 303 g/mol. The van der Waals surface area contributed by atoms with Gasteiger partial charge in [-0.2, -0.15) is 0 Å². The smallest absolute Gasteiger partial charge is 0.221 e. The van der Waals surface area contributed by atoms with Gasteiger partial charge in [0.25, 0.3) is 0 Å². The molecule has 1 aromatic rings. The van der Waals surface area contributed by atoms with Crippen molar-refractivity contribution in [3.63, 3.8) is 0 Å². The summed E-state index contributed by atoms with van der Waals surface area (Å²) >= 11 is 0. The molecule has 0 fully saturated rings. The largest absolute Gasteiger partial charge is 0.375 e. The highest BCUT2D eigenvalue weighted by Crippen LogP contribution is 2.00. The zero-order chi connectivity index (χ0) is 15.6. The number of ether oxygens (including phenoxy) is 1. The first-order valence-electron chi connectivity index (χ1n) is 7.36. The lowest BCUT2D eigenvalue weighted by Gasteiger charge is -2.06. The van der Waals surface area contributed by atoms with Crippen LogP contribution >= 0.6 is 0 Å². The molecule has 0 aliphatic rings. The van der Waals surface area contributed by atoms with Crippen molar-refractivity contribution in [2.45, 2.75) is 39.1 Å². The van der Waals surface area contributed by atoms with Gasteiger partial charge in [-0.1, -0.05) is 50.0 Å². The maximum atomic E-state index is 11.6. The van der Waals surface area contributed by atoms with Crippen LogP contribution in [0.5, 0.6) is 0 Å². The van der Waals surface area contributed by atoms with Crippen LogP contribution in [0.15, 0.2) is 30.3 Å². The number of hydrogen-bond acceptors (Lipinski definition) is 2. The second-order valence-electron chi connectivity index (χ2n) is 5.94. The summed E-state index contributed by atoms with van der Waals surface area (Å²) in [6, 6.07) is 10.0. The number of nitrogens with one attached hydrogen (secondary N) is 1. The summed E-state index contributed by atoms with van der Waals surface area (Å²) in [6.07, 6.45) is 1.11. The maximum Gasteiger partial charge on any atom is 0.221 e. The second kappa shape index (κ2) is 9.38. The summed E-state index contributed by atoms with van der Waals surface area (Å²) in [7, 11) is -1.31. The molecule has 1 amide bonds. The van der Waals surface area contributed by atoms with E-state index in [1.807, 2.05) is 30.3 Å². The van der Waals surface area contributed by atoms with Gasteiger partial charge in [0.1, 0.15) is 8.07 Å². The lowest BCUT2D eigenvalue weighted by molar-refractivity contribution is -0.121. The van der Waals surface area contributed by atoms with Crippen LogP contribution in [0.2, 0.25) is 19.6 Å². The van der Waals surface area contributed by atoms with Crippen molar-refractivity contribution in [3.05, 3.63) is 35.9 Å². The number of carbonyl (C=O) groups excluding carboxylic acids is 1. The zero-order valence-electron chi connectivity index (χ0n) is 13.2. The van der Waals surface area contributed by atoms with Crippen molar-refractivity contribution in [2.24, 2.45) is 0 Å². The molecule has 0 aliphatic carbocycles.